The van der Waals surface area contributed by atoms with Crippen LogP contribution in [0.3, 0.4) is 0 Å². The van der Waals surface area contributed by atoms with Gasteiger partial charge in [-0.2, -0.15) is 0 Å². The Morgan fingerprint density at radius 1 is 1.67 bits per heavy atom. The van der Waals surface area contributed by atoms with Crippen LogP contribution in [-0.4, -0.2) is 32.0 Å². The molecule has 0 aromatic rings. The maximum Gasteiger partial charge on any atom is 0.220 e. The highest BCUT2D eigenvalue weighted by Crippen LogP contribution is 2.34. The van der Waals surface area contributed by atoms with Crippen molar-refractivity contribution in [2.45, 2.75) is 25.2 Å². The predicted molar refractivity (Wildman–Crippen MR) is 41.4 cm³/mol. The highest BCUT2D eigenvalue weighted by Gasteiger charge is 2.46. The van der Waals surface area contributed by atoms with Crippen LogP contribution in [0.4, 0.5) is 0 Å². The summed E-state index contributed by atoms with van der Waals surface area (Å²) in [6, 6.07) is 0. The number of piperidine rings is 1. The third-order valence-corrected chi connectivity index (χ3v) is 2.46. The molecule has 1 N–H and O–H groups in total. The Morgan fingerprint density at radius 3 is 3.08 bits per heavy atom. The molecule has 1 amide bonds. The van der Waals surface area contributed by atoms with Crippen molar-refractivity contribution in [1.82, 2.24) is 5.32 Å². The van der Waals surface area contributed by atoms with Crippen LogP contribution in [0.25, 0.3) is 0 Å². The fourth-order valence-electron chi connectivity index (χ4n) is 1.72. The number of ether oxygens (including phenoxy) is 2. The minimum absolute atomic E-state index is 0.0547. The molecule has 0 radical (unpaired) electrons. The van der Waals surface area contributed by atoms with Gasteiger partial charge in [-0.25, -0.2) is 0 Å². The predicted octanol–water partition coefficient (Wildman–Crippen LogP) is -0.116. The molecule has 68 valence electrons. The van der Waals surface area contributed by atoms with Gasteiger partial charge in [0.15, 0.2) is 6.29 Å². The van der Waals surface area contributed by atoms with Crippen molar-refractivity contribution in [3.05, 3.63) is 0 Å². The van der Waals surface area contributed by atoms with Gasteiger partial charge in [0.2, 0.25) is 5.91 Å². The lowest BCUT2D eigenvalue weighted by Gasteiger charge is -2.19. The molecule has 0 aromatic heterocycles. The van der Waals surface area contributed by atoms with Gasteiger partial charge in [0.1, 0.15) is 6.10 Å². The Labute approximate surface area is 71.2 Å². The molecule has 2 heterocycles. The SMILES string of the molecule is COC1OC1C1CCNC(=O)C1. The molecule has 4 nitrogen and oxygen atoms in total. The number of methoxy groups -OCH3 is 1. The molecule has 2 rings (SSSR count). The van der Waals surface area contributed by atoms with E-state index in [9.17, 15) is 4.79 Å². The van der Waals surface area contributed by atoms with E-state index in [-0.39, 0.29) is 18.3 Å². The van der Waals surface area contributed by atoms with Crippen LogP contribution >= 0.6 is 0 Å². The van der Waals surface area contributed by atoms with Crippen molar-refractivity contribution in [1.29, 1.82) is 0 Å². The van der Waals surface area contributed by atoms with Gasteiger partial charge in [-0.15, -0.1) is 0 Å². The normalized spacial score (nSPS) is 40.8. The van der Waals surface area contributed by atoms with Crippen LogP contribution in [0.1, 0.15) is 12.8 Å². The highest BCUT2D eigenvalue weighted by atomic mass is 16.8. The second kappa shape index (κ2) is 3.03. The standard InChI is InChI=1S/C8H13NO3/c1-11-8-7(12-8)5-2-3-9-6(10)4-5/h5,7-8H,2-4H2,1H3,(H,9,10). The topological polar surface area (TPSA) is 50.9 Å². The van der Waals surface area contributed by atoms with E-state index in [0.717, 1.165) is 13.0 Å². The van der Waals surface area contributed by atoms with Gasteiger partial charge in [-0.05, 0) is 6.42 Å². The molecular formula is C8H13NO3. The quantitative estimate of drug-likeness (QED) is 0.589. The van der Waals surface area contributed by atoms with Gasteiger partial charge in [0.05, 0.1) is 0 Å². The number of hydrogen-bond acceptors (Lipinski definition) is 3. The molecule has 0 saturated carbocycles. The molecule has 3 atom stereocenters. The third kappa shape index (κ3) is 1.44. The molecule has 0 spiro atoms. The van der Waals surface area contributed by atoms with Gasteiger partial charge >= 0.3 is 0 Å². The first-order valence-electron chi connectivity index (χ1n) is 4.26. The summed E-state index contributed by atoms with van der Waals surface area (Å²) in [5.74, 6) is 0.500. The first-order valence-corrected chi connectivity index (χ1v) is 4.26. The van der Waals surface area contributed by atoms with Crippen molar-refractivity contribution < 1.29 is 14.3 Å². The highest BCUT2D eigenvalue weighted by molar-refractivity contribution is 5.77. The minimum atomic E-state index is -0.0547. The van der Waals surface area contributed by atoms with E-state index in [2.05, 4.69) is 5.32 Å². The summed E-state index contributed by atoms with van der Waals surface area (Å²) in [7, 11) is 1.63. The van der Waals surface area contributed by atoms with Gasteiger partial charge in [0.25, 0.3) is 0 Å². The Kier molecular flexibility index (Phi) is 2.02. The van der Waals surface area contributed by atoms with Gasteiger partial charge in [-0.1, -0.05) is 0 Å². The van der Waals surface area contributed by atoms with Crippen LogP contribution < -0.4 is 5.32 Å². The Bertz CT molecular complexity index is 195. The molecule has 2 saturated heterocycles. The van der Waals surface area contributed by atoms with Crippen molar-refractivity contribution in [2.75, 3.05) is 13.7 Å². The summed E-state index contributed by atoms with van der Waals surface area (Å²) in [4.78, 5) is 11.0. The first kappa shape index (κ1) is 8.01. The van der Waals surface area contributed by atoms with Crippen LogP contribution in [0.2, 0.25) is 0 Å². The third-order valence-electron chi connectivity index (χ3n) is 2.46. The Morgan fingerprint density at radius 2 is 2.50 bits per heavy atom. The molecule has 12 heavy (non-hydrogen) atoms. The molecule has 4 heteroatoms. The summed E-state index contributed by atoms with van der Waals surface area (Å²) in [5, 5.41) is 2.79. The van der Waals surface area contributed by atoms with E-state index in [4.69, 9.17) is 9.47 Å². The molecule has 0 aromatic carbocycles. The minimum Gasteiger partial charge on any atom is -0.356 e. The second-order valence-corrected chi connectivity index (χ2v) is 3.31. The number of amides is 1. The van der Waals surface area contributed by atoms with Crippen molar-refractivity contribution in [3.8, 4) is 0 Å². The average Bonchev–Trinajstić information content (AvgIpc) is 2.83. The summed E-state index contributed by atoms with van der Waals surface area (Å²) >= 11 is 0. The second-order valence-electron chi connectivity index (χ2n) is 3.31. The number of hydrogen-bond donors (Lipinski definition) is 1. The lowest BCUT2D eigenvalue weighted by molar-refractivity contribution is -0.123. The number of rotatable bonds is 2. The van der Waals surface area contributed by atoms with Crippen molar-refractivity contribution >= 4 is 5.91 Å². The summed E-state index contributed by atoms with van der Waals surface area (Å²) in [6.07, 6.45) is 1.71. The van der Waals surface area contributed by atoms with E-state index in [1.807, 2.05) is 0 Å². The van der Waals surface area contributed by atoms with E-state index in [1.165, 1.54) is 0 Å². The molecule has 2 aliphatic heterocycles. The Balaban J connectivity index is 1.84. The first-order chi connectivity index (χ1) is 5.81. The fourth-order valence-corrected chi connectivity index (χ4v) is 1.72. The summed E-state index contributed by atoms with van der Waals surface area (Å²) in [6.45, 7) is 0.778. The van der Waals surface area contributed by atoms with Crippen LogP contribution in [0.15, 0.2) is 0 Å². The zero-order chi connectivity index (χ0) is 8.55. The van der Waals surface area contributed by atoms with E-state index in [1.54, 1.807) is 7.11 Å². The average molecular weight is 171 g/mol. The number of carbonyl (C=O) groups excluding carboxylic acids is 1. The fraction of sp³-hybridized carbons (Fsp3) is 0.875. The van der Waals surface area contributed by atoms with Crippen LogP contribution in [-0.2, 0) is 14.3 Å². The molecule has 0 bridgehead atoms. The number of epoxide rings is 1. The van der Waals surface area contributed by atoms with Crippen LogP contribution in [0, 0.1) is 5.92 Å². The molecular weight excluding hydrogens is 158 g/mol. The number of carbonyl (C=O) groups is 1. The summed E-state index contributed by atoms with van der Waals surface area (Å²) in [5.41, 5.74) is 0. The summed E-state index contributed by atoms with van der Waals surface area (Å²) < 4.78 is 10.3. The molecule has 2 fully saturated rings. The van der Waals surface area contributed by atoms with E-state index >= 15 is 0 Å². The zero-order valence-electron chi connectivity index (χ0n) is 7.08. The molecule has 2 aliphatic rings. The van der Waals surface area contributed by atoms with Gasteiger partial charge in [-0.3, -0.25) is 4.79 Å². The maximum atomic E-state index is 11.0. The molecule has 3 unspecified atom stereocenters. The lowest BCUT2D eigenvalue weighted by atomic mass is 9.94. The van der Waals surface area contributed by atoms with Crippen LogP contribution in [0.5, 0.6) is 0 Å². The Hall–Kier alpha value is -0.610. The van der Waals surface area contributed by atoms with Crippen molar-refractivity contribution in [3.63, 3.8) is 0 Å². The zero-order valence-corrected chi connectivity index (χ0v) is 7.08. The van der Waals surface area contributed by atoms with Gasteiger partial charge in [0, 0.05) is 26.0 Å². The smallest absolute Gasteiger partial charge is 0.220 e. The largest absolute Gasteiger partial charge is 0.356 e. The van der Waals surface area contributed by atoms with Crippen molar-refractivity contribution in [2.24, 2.45) is 5.92 Å². The van der Waals surface area contributed by atoms with E-state index in [0.29, 0.717) is 12.3 Å². The lowest BCUT2D eigenvalue weighted by Crippen LogP contribution is -2.35. The molecule has 0 aliphatic carbocycles. The maximum absolute atomic E-state index is 11.0. The van der Waals surface area contributed by atoms with Gasteiger partial charge < -0.3 is 14.8 Å². The number of nitrogens with one attached hydrogen (secondary N) is 1. The monoisotopic (exact) mass is 171 g/mol. The van der Waals surface area contributed by atoms with E-state index < -0.39 is 0 Å².